The van der Waals surface area contributed by atoms with Crippen LogP contribution < -0.4 is 5.32 Å². The van der Waals surface area contributed by atoms with E-state index in [1.165, 1.54) is 12.3 Å². The molecule has 0 aliphatic heterocycles. The molecular formula is C12H19IN3O4P. The molecule has 0 saturated carbocycles. The lowest BCUT2D eigenvalue weighted by atomic mass is 10.2. The second-order valence-corrected chi connectivity index (χ2v) is 5.61. The number of aromatic hydroxyl groups is 1. The van der Waals surface area contributed by atoms with Gasteiger partial charge in [-0.3, -0.25) is 4.79 Å². The quantitative estimate of drug-likeness (QED) is 0.394. The molecule has 1 atom stereocenters. The van der Waals surface area contributed by atoms with Crippen molar-refractivity contribution in [2.24, 2.45) is 0 Å². The van der Waals surface area contributed by atoms with Gasteiger partial charge in [-0.2, -0.15) is 0 Å². The molecule has 1 aromatic heterocycles. The van der Waals surface area contributed by atoms with Gasteiger partial charge in [-0.1, -0.05) is 0 Å². The number of nitrogens with one attached hydrogen (secondary N) is 1. The van der Waals surface area contributed by atoms with Gasteiger partial charge >= 0.3 is 0 Å². The zero-order valence-electron chi connectivity index (χ0n) is 11.9. The second-order valence-electron chi connectivity index (χ2n) is 3.85. The van der Waals surface area contributed by atoms with Gasteiger partial charge in [0, 0.05) is 20.6 Å². The molecule has 1 amide bonds. The van der Waals surface area contributed by atoms with Crippen LogP contribution in [-0.4, -0.2) is 54.9 Å². The van der Waals surface area contributed by atoms with E-state index < -0.39 is 0 Å². The summed E-state index contributed by atoms with van der Waals surface area (Å²) in [7, 11) is 3.41. The average Bonchev–Trinajstić information content (AvgIpc) is 2.52. The summed E-state index contributed by atoms with van der Waals surface area (Å²) >= 11 is 2.16. The molecule has 0 aromatic carbocycles. The summed E-state index contributed by atoms with van der Waals surface area (Å²) in [6.07, 6.45) is 2.08. The van der Waals surface area contributed by atoms with Crippen LogP contribution in [0.4, 0.5) is 5.82 Å². The van der Waals surface area contributed by atoms with E-state index in [0.717, 1.165) is 6.42 Å². The molecule has 1 heterocycles. The molecule has 1 unspecified atom stereocenters. The van der Waals surface area contributed by atoms with Gasteiger partial charge in [0.15, 0.2) is 0 Å². The minimum absolute atomic E-state index is 0.0230. The lowest BCUT2D eigenvalue weighted by molar-refractivity contribution is -0.0980. The van der Waals surface area contributed by atoms with Crippen molar-refractivity contribution >= 4 is 47.0 Å². The molecule has 0 bridgehead atoms. The van der Waals surface area contributed by atoms with Crippen molar-refractivity contribution in [1.29, 1.82) is 0 Å². The number of aromatic nitrogens is 1. The lowest BCUT2D eigenvalue weighted by Gasteiger charge is -2.18. The normalized spacial score (nSPS) is 10.0. The maximum atomic E-state index is 12.2. The van der Waals surface area contributed by atoms with Crippen molar-refractivity contribution in [2.45, 2.75) is 6.42 Å². The van der Waals surface area contributed by atoms with Gasteiger partial charge in [-0.15, -0.1) is 0 Å². The van der Waals surface area contributed by atoms with Gasteiger partial charge < -0.3 is 24.6 Å². The highest BCUT2D eigenvalue weighted by molar-refractivity contribution is 14.2. The van der Waals surface area contributed by atoms with E-state index >= 15 is 0 Å². The Kier molecular flexibility index (Phi) is 11.1. The number of amides is 1. The van der Waals surface area contributed by atoms with Gasteiger partial charge in [-0.05, 0) is 34.5 Å². The van der Waals surface area contributed by atoms with Crippen molar-refractivity contribution in [1.82, 2.24) is 9.88 Å². The summed E-state index contributed by atoms with van der Waals surface area (Å²) in [6, 6.07) is 1.42. The minimum Gasteiger partial charge on any atom is -0.506 e. The molecule has 0 saturated heterocycles. The molecule has 0 radical (unpaired) electrons. The van der Waals surface area contributed by atoms with E-state index in [1.54, 1.807) is 19.0 Å². The molecule has 0 spiro atoms. The van der Waals surface area contributed by atoms with E-state index in [1.807, 2.05) is 6.79 Å². The fourth-order valence-corrected chi connectivity index (χ4v) is 2.42. The Labute approximate surface area is 138 Å². The van der Waals surface area contributed by atoms with Crippen molar-refractivity contribution in [3.63, 3.8) is 0 Å². The molecule has 0 aliphatic carbocycles. The largest absolute Gasteiger partial charge is 0.506 e. The Hall–Kier alpha value is -0.990. The maximum Gasteiger partial charge on any atom is 0.257 e. The topological polar surface area (TPSA) is 91.8 Å². The fraction of sp³-hybridized carbons (Fsp3) is 0.417. The smallest absolute Gasteiger partial charge is 0.257 e. The third kappa shape index (κ3) is 7.01. The fourth-order valence-electron chi connectivity index (χ4n) is 1.54. The van der Waals surface area contributed by atoms with Crippen LogP contribution in [0.3, 0.4) is 0 Å². The number of hydrogen-bond acceptors (Lipinski definition) is 6. The van der Waals surface area contributed by atoms with Crippen molar-refractivity contribution in [2.75, 3.05) is 32.6 Å². The predicted octanol–water partition coefficient (Wildman–Crippen LogP) is 2.07. The molecule has 0 fully saturated rings. The summed E-state index contributed by atoms with van der Waals surface area (Å²) in [6.45, 7) is 3.67. The highest BCUT2D eigenvalue weighted by Crippen LogP contribution is 2.22. The van der Waals surface area contributed by atoms with E-state index in [2.05, 4.69) is 32.3 Å². The Balaban J connectivity index is 0.00000191. The first-order valence-electron chi connectivity index (χ1n) is 5.98. The standard InChI is InChI=1S/C11H17IN3O3P.CH2O/c1-13-10-9(6-8(16)7-14-10)11(17)15(2)4-3-5-18-19-12;1-2/h6-7,16,19H,3-5H2,1-2H3,(H,13,14);1H2. The maximum absolute atomic E-state index is 12.2. The van der Waals surface area contributed by atoms with Crippen LogP contribution in [0.5, 0.6) is 5.75 Å². The highest BCUT2D eigenvalue weighted by Gasteiger charge is 2.17. The number of halogens is 1. The zero-order chi connectivity index (χ0) is 16.3. The third-order valence-electron chi connectivity index (χ3n) is 2.48. The highest BCUT2D eigenvalue weighted by atomic mass is 127. The summed E-state index contributed by atoms with van der Waals surface area (Å²) in [5.74, 6) is 0.259. The Morgan fingerprint density at radius 1 is 1.62 bits per heavy atom. The van der Waals surface area contributed by atoms with Crippen molar-refractivity contribution in [3.05, 3.63) is 17.8 Å². The van der Waals surface area contributed by atoms with Gasteiger partial charge in [0.1, 0.15) is 18.4 Å². The molecule has 118 valence electrons. The molecule has 1 rings (SSSR count). The number of pyridine rings is 1. The number of carbonyl (C=O) groups is 2. The van der Waals surface area contributed by atoms with E-state index in [9.17, 15) is 9.90 Å². The Morgan fingerprint density at radius 2 is 2.29 bits per heavy atom. The van der Waals surface area contributed by atoms with Gasteiger partial charge in [-0.25, -0.2) is 4.98 Å². The lowest BCUT2D eigenvalue weighted by Crippen LogP contribution is -2.29. The van der Waals surface area contributed by atoms with Crippen LogP contribution in [0.2, 0.25) is 0 Å². The van der Waals surface area contributed by atoms with Crippen LogP contribution in [0, 0.1) is 0 Å². The molecule has 9 heteroatoms. The molecule has 1 aromatic rings. The summed E-state index contributed by atoms with van der Waals surface area (Å²) in [5, 5.41) is 12.3. The molecule has 0 aliphatic rings. The van der Waals surface area contributed by atoms with Crippen LogP contribution in [0.15, 0.2) is 12.3 Å². The number of nitrogens with zero attached hydrogens (tertiary/aromatic N) is 2. The number of carbonyl (C=O) groups excluding carboxylic acids is 2. The Morgan fingerprint density at radius 3 is 2.86 bits per heavy atom. The van der Waals surface area contributed by atoms with E-state index in [0.29, 0.717) is 31.0 Å². The molecule has 7 nitrogen and oxygen atoms in total. The first kappa shape index (κ1) is 20.0. The first-order valence-corrected chi connectivity index (χ1v) is 10.0. The van der Waals surface area contributed by atoms with Gasteiger partial charge in [0.05, 0.1) is 24.8 Å². The predicted molar refractivity (Wildman–Crippen MR) is 92.4 cm³/mol. The monoisotopic (exact) mass is 427 g/mol. The van der Waals surface area contributed by atoms with Crippen LogP contribution in [0.1, 0.15) is 16.8 Å². The molecule has 2 N–H and O–H groups in total. The van der Waals surface area contributed by atoms with Crippen LogP contribution in [-0.2, 0) is 9.32 Å². The van der Waals surface area contributed by atoms with E-state index in [-0.39, 0.29) is 11.7 Å². The summed E-state index contributed by atoms with van der Waals surface area (Å²) < 4.78 is 5.25. The van der Waals surface area contributed by atoms with E-state index in [4.69, 9.17) is 9.32 Å². The number of rotatable bonds is 7. The molecular weight excluding hydrogens is 408 g/mol. The van der Waals surface area contributed by atoms with Gasteiger partial charge in [0.25, 0.3) is 5.91 Å². The molecule has 21 heavy (non-hydrogen) atoms. The Bertz CT molecular complexity index is 451. The SMILES string of the molecule is C=O.CNc1ncc(O)cc1C(=O)N(C)CCCOPI. The van der Waals surface area contributed by atoms with Crippen molar-refractivity contribution in [3.8, 4) is 5.75 Å². The minimum atomic E-state index is -0.176. The second kappa shape index (κ2) is 11.6. The zero-order valence-corrected chi connectivity index (χ0v) is 15.1. The number of hydrogen-bond donors (Lipinski definition) is 2. The van der Waals surface area contributed by atoms with Crippen LogP contribution in [0.25, 0.3) is 0 Å². The first-order chi connectivity index (χ1) is 10.1. The summed E-state index contributed by atoms with van der Waals surface area (Å²) in [5.41, 5.74) is 0.363. The van der Waals surface area contributed by atoms with Gasteiger partial charge in [0.2, 0.25) is 0 Å². The average molecular weight is 427 g/mol. The van der Waals surface area contributed by atoms with Crippen molar-refractivity contribution < 1.29 is 19.2 Å². The number of anilines is 1. The van der Waals surface area contributed by atoms with Crippen LogP contribution >= 0.6 is 28.5 Å². The third-order valence-corrected chi connectivity index (χ3v) is 3.73. The summed E-state index contributed by atoms with van der Waals surface area (Å²) in [4.78, 5) is 25.8.